The number of carbonyl (C=O) groups is 2. The lowest BCUT2D eigenvalue weighted by atomic mass is 10.1. The van der Waals surface area contributed by atoms with E-state index in [9.17, 15) is 14.7 Å². The number of hydrogen-bond donors (Lipinski definition) is 5. The van der Waals surface area contributed by atoms with Crippen LogP contribution >= 0.6 is 0 Å². The Hall–Kier alpha value is -1.34. The van der Waals surface area contributed by atoms with Gasteiger partial charge in [0.25, 0.3) is 0 Å². The summed E-state index contributed by atoms with van der Waals surface area (Å²) >= 11 is 0. The van der Waals surface area contributed by atoms with Gasteiger partial charge in [-0.25, -0.2) is 9.59 Å². The van der Waals surface area contributed by atoms with Crippen LogP contribution in [0.1, 0.15) is 38.5 Å². The molecule has 2 amide bonds. The maximum atomic E-state index is 11.7. The Balaban J connectivity index is 2.46. The second kappa shape index (κ2) is 7.96. The Bertz CT molecular complexity index is 310. The van der Waals surface area contributed by atoms with Crippen molar-refractivity contribution in [3.8, 4) is 0 Å². The van der Waals surface area contributed by atoms with E-state index in [-0.39, 0.29) is 19.1 Å². The topological polar surface area (TPSA) is 119 Å². The van der Waals surface area contributed by atoms with Crippen molar-refractivity contribution in [2.45, 2.75) is 56.7 Å². The first-order valence-corrected chi connectivity index (χ1v) is 6.63. The molecule has 2 unspecified atom stereocenters. The molecule has 0 bridgehead atoms. The van der Waals surface area contributed by atoms with E-state index in [4.69, 9.17) is 10.2 Å². The number of carbonyl (C=O) groups excluding carboxylic acids is 1. The fraction of sp³-hybridized carbons (Fsp3) is 0.833. The SMILES string of the molecule is O=C(NC1CCCCCC1O)N[C@@H](CCO)C(=O)O. The Labute approximate surface area is 112 Å². The molecular weight excluding hydrogens is 252 g/mol. The molecule has 0 aromatic rings. The lowest BCUT2D eigenvalue weighted by molar-refractivity contribution is -0.139. The number of aliphatic hydroxyl groups excluding tert-OH is 2. The van der Waals surface area contributed by atoms with Gasteiger partial charge in [0.15, 0.2) is 0 Å². The monoisotopic (exact) mass is 274 g/mol. The summed E-state index contributed by atoms with van der Waals surface area (Å²) in [6.07, 6.45) is 3.59. The van der Waals surface area contributed by atoms with Gasteiger partial charge in [0.05, 0.1) is 12.1 Å². The molecule has 7 nitrogen and oxygen atoms in total. The van der Waals surface area contributed by atoms with Crippen LogP contribution in [0.25, 0.3) is 0 Å². The summed E-state index contributed by atoms with van der Waals surface area (Å²) in [5.41, 5.74) is 0. The summed E-state index contributed by atoms with van der Waals surface area (Å²) < 4.78 is 0. The molecule has 19 heavy (non-hydrogen) atoms. The highest BCUT2D eigenvalue weighted by Crippen LogP contribution is 2.17. The summed E-state index contributed by atoms with van der Waals surface area (Å²) in [4.78, 5) is 22.5. The van der Waals surface area contributed by atoms with Crippen LogP contribution in [0.15, 0.2) is 0 Å². The van der Waals surface area contributed by atoms with Crippen LogP contribution in [0, 0.1) is 0 Å². The standard InChI is InChI=1S/C12H22N2O5/c15-7-6-9(11(17)18)14-12(19)13-8-4-2-1-3-5-10(8)16/h8-10,15-16H,1-7H2,(H,17,18)(H2,13,14,19)/t8?,9-,10?/m0/s1. The van der Waals surface area contributed by atoms with Crippen molar-refractivity contribution >= 4 is 12.0 Å². The third-order valence-corrected chi connectivity index (χ3v) is 3.32. The van der Waals surface area contributed by atoms with Crippen LogP contribution in [0.5, 0.6) is 0 Å². The summed E-state index contributed by atoms with van der Waals surface area (Å²) in [6.45, 7) is -0.316. The molecule has 0 spiro atoms. The zero-order chi connectivity index (χ0) is 14.3. The van der Waals surface area contributed by atoms with Gasteiger partial charge in [-0.2, -0.15) is 0 Å². The van der Waals surface area contributed by atoms with Gasteiger partial charge in [-0.3, -0.25) is 0 Å². The number of aliphatic carboxylic acids is 1. The van der Waals surface area contributed by atoms with Gasteiger partial charge >= 0.3 is 12.0 Å². The molecule has 0 heterocycles. The van der Waals surface area contributed by atoms with Crippen molar-refractivity contribution in [3.05, 3.63) is 0 Å². The molecule has 1 aliphatic rings. The minimum Gasteiger partial charge on any atom is -0.480 e. The molecule has 1 rings (SSSR count). The summed E-state index contributed by atoms with van der Waals surface area (Å²) in [5.74, 6) is -1.19. The number of nitrogens with one attached hydrogen (secondary N) is 2. The molecule has 0 aromatic carbocycles. The molecule has 1 fully saturated rings. The highest BCUT2D eigenvalue weighted by Gasteiger charge is 2.25. The van der Waals surface area contributed by atoms with Gasteiger partial charge in [-0.15, -0.1) is 0 Å². The second-order valence-corrected chi connectivity index (χ2v) is 4.83. The Morgan fingerprint density at radius 1 is 1.21 bits per heavy atom. The number of rotatable bonds is 5. The normalized spacial score (nSPS) is 25.2. The molecule has 0 saturated heterocycles. The largest absolute Gasteiger partial charge is 0.480 e. The minimum atomic E-state index is -1.19. The third-order valence-electron chi connectivity index (χ3n) is 3.32. The zero-order valence-corrected chi connectivity index (χ0v) is 10.8. The summed E-state index contributed by atoms with van der Waals surface area (Å²) in [6, 6.07) is -2.08. The molecule has 0 aromatic heterocycles. The Morgan fingerprint density at radius 3 is 2.53 bits per heavy atom. The molecule has 7 heteroatoms. The van der Waals surface area contributed by atoms with Crippen molar-refractivity contribution in [3.63, 3.8) is 0 Å². The van der Waals surface area contributed by atoms with Crippen LogP contribution < -0.4 is 10.6 Å². The lowest BCUT2D eigenvalue weighted by Gasteiger charge is -2.23. The first-order valence-electron chi connectivity index (χ1n) is 6.63. The molecule has 0 radical (unpaired) electrons. The van der Waals surface area contributed by atoms with Crippen molar-refractivity contribution in [2.24, 2.45) is 0 Å². The van der Waals surface area contributed by atoms with Gasteiger partial charge in [0.2, 0.25) is 0 Å². The van der Waals surface area contributed by atoms with E-state index in [0.717, 1.165) is 19.3 Å². The fourth-order valence-electron chi connectivity index (χ4n) is 2.21. The zero-order valence-electron chi connectivity index (χ0n) is 10.8. The predicted molar refractivity (Wildman–Crippen MR) is 67.7 cm³/mol. The van der Waals surface area contributed by atoms with Crippen molar-refractivity contribution in [2.75, 3.05) is 6.61 Å². The Kier molecular flexibility index (Phi) is 6.58. The summed E-state index contributed by atoms with van der Waals surface area (Å²) in [5, 5.41) is 32.3. The average molecular weight is 274 g/mol. The molecule has 1 aliphatic carbocycles. The molecule has 0 aliphatic heterocycles. The Morgan fingerprint density at radius 2 is 1.89 bits per heavy atom. The number of carboxylic acid groups (broad SMARTS) is 1. The number of aliphatic hydroxyl groups is 2. The van der Waals surface area contributed by atoms with Crippen LogP contribution in [-0.4, -0.2) is 52.1 Å². The van der Waals surface area contributed by atoms with E-state index >= 15 is 0 Å². The van der Waals surface area contributed by atoms with E-state index in [1.54, 1.807) is 0 Å². The average Bonchev–Trinajstić information content (AvgIpc) is 2.54. The predicted octanol–water partition coefficient (Wildman–Crippen LogP) is -0.185. The van der Waals surface area contributed by atoms with E-state index in [1.807, 2.05) is 0 Å². The van der Waals surface area contributed by atoms with Gasteiger partial charge in [-0.05, 0) is 12.8 Å². The quantitative estimate of drug-likeness (QED) is 0.445. The van der Waals surface area contributed by atoms with E-state index in [1.165, 1.54) is 0 Å². The van der Waals surface area contributed by atoms with Gasteiger partial charge < -0.3 is 26.0 Å². The smallest absolute Gasteiger partial charge is 0.326 e. The lowest BCUT2D eigenvalue weighted by Crippen LogP contribution is -2.52. The van der Waals surface area contributed by atoms with Crippen LogP contribution in [-0.2, 0) is 4.79 Å². The van der Waals surface area contributed by atoms with E-state index in [0.29, 0.717) is 12.8 Å². The van der Waals surface area contributed by atoms with Crippen molar-refractivity contribution in [1.29, 1.82) is 0 Å². The maximum absolute atomic E-state index is 11.7. The second-order valence-electron chi connectivity index (χ2n) is 4.83. The van der Waals surface area contributed by atoms with Crippen molar-refractivity contribution < 1.29 is 24.9 Å². The number of hydrogen-bond acceptors (Lipinski definition) is 4. The summed E-state index contributed by atoms with van der Waals surface area (Å²) in [7, 11) is 0. The molecular formula is C12H22N2O5. The highest BCUT2D eigenvalue weighted by atomic mass is 16.4. The number of amides is 2. The van der Waals surface area contributed by atoms with Crippen molar-refractivity contribution in [1.82, 2.24) is 10.6 Å². The van der Waals surface area contributed by atoms with E-state index in [2.05, 4.69) is 10.6 Å². The molecule has 3 atom stereocenters. The highest BCUT2D eigenvalue weighted by molar-refractivity contribution is 5.82. The van der Waals surface area contributed by atoms with E-state index < -0.39 is 24.1 Å². The van der Waals surface area contributed by atoms with Crippen LogP contribution in [0.4, 0.5) is 4.79 Å². The van der Waals surface area contributed by atoms with Gasteiger partial charge in [0.1, 0.15) is 6.04 Å². The first-order chi connectivity index (χ1) is 9.04. The van der Waals surface area contributed by atoms with Crippen LogP contribution in [0.3, 0.4) is 0 Å². The van der Waals surface area contributed by atoms with Gasteiger partial charge in [-0.1, -0.05) is 19.3 Å². The molecule has 5 N–H and O–H groups in total. The maximum Gasteiger partial charge on any atom is 0.326 e. The minimum absolute atomic E-state index is 0.0457. The third kappa shape index (κ3) is 5.44. The molecule has 1 saturated carbocycles. The van der Waals surface area contributed by atoms with Crippen LogP contribution in [0.2, 0.25) is 0 Å². The first kappa shape index (κ1) is 15.7. The fourth-order valence-corrected chi connectivity index (χ4v) is 2.21. The number of carboxylic acids is 1. The number of urea groups is 1. The van der Waals surface area contributed by atoms with Gasteiger partial charge in [0, 0.05) is 13.0 Å². The molecule has 110 valence electrons.